The molecule has 0 saturated heterocycles. The maximum atomic E-state index is 14.0. The lowest BCUT2D eigenvalue weighted by atomic mass is 10.00. The van der Waals surface area contributed by atoms with Gasteiger partial charge in [0.2, 0.25) is 11.8 Å². The number of primary amides is 1. The number of rotatable bonds is 16. The zero-order chi connectivity index (χ0) is 36.5. The van der Waals surface area contributed by atoms with Gasteiger partial charge in [0.15, 0.2) is 0 Å². The first-order valence-corrected chi connectivity index (χ1v) is 18.6. The molecule has 0 spiro atoms. The van der Waals surface area contributed by atoms with E-state index in [0.717, 1.165) is 22.3 Å². The summed E-state index contributed by atoms with van der Waals surface area (Å²) in [5, 5.41) is 17.9. The van der Waals surface area contributed by atoms with Gasteiger partial charge in [-0.2, -0.15) is 4.31 Å². The van der Waals surface area contributed by atoms with Crippen molar-refractivity contribution in [3.63, 3.8) is 0 Å². The van der Waals surface area contributed by atoms with E-state index in [4.69, 9.17) is 5.73 Å². The second-order valence-electron chi connectivity index (χ2n) is 12.5. The van der Waals surface area contributed by atoms with Gasteiger partial charge in [-0.1, -0.05) is 74.5 Å². The van der Waals surface area contributed by atoms with Gasteiger partial charge in [0.25, 0.3) is 15.9 Å². The highest BCUT2D eigenvalue weighted by Gasteiger charge is 2.34. The fourth-order valence-corrected chi connectivity index (χ4v) is 8.57. The minimum Gasteiger partial charge on any atom is -0.390 e. The Balaban J connectivity index is 1.39. The van der Waals surface area contributed by atoms with Gasteiger partial charge in [0.1, 0.15) is 15.9 Å². The zero-order valence-corrected chi connectivity index (χ0v) is 29.8. The number of amides is 3. The molecule has 5 aromatic rings. The Morgan fingerprint density at radius 2 is 1.61 bits per heavy atom. The molecule has 2 unspecified atom stereocenters. The van der Waals surface area contributed by atoms with Crippen LogP contribution in [0.25, 0.3) is 21.5 Å². The Morgan fingerprint density at radius 1 is 0.882 bits per heavy atom. The smallest absolute Gasteiger partial charge is 0.270 e. The molecule has 3 heterocycles. The van der Waals surface area contributed by atoms with Gasteiger partial charge in [-0.15, -0.1) is 11.3 Å². The number of aromatic nitrogens is 2. The summed E-state index contributed by atoms with van der Waals surface area (Å²) in [7, 11) is -4.08. The number of pyridine rings is 2. The lowest BCUT2D eigenvalue weighted by Crippen LogP contribution is -2.56. The molecule has 3 aromatic heterocycles. The van der Waals surface area contributed by atoms with Gasteiger partial charge in [0, 0.05) is 24.7 Å². The van der Waals surface area contributed by atoms with Gasteiger partial charge in [-0.05, 0) is 54.3 Å². The summed E-state index contributed by atoms with van der Waals surface area (Å²) in [6.45, 7) is 3.49. The highest BCUT2D eigenvalue weighted by molar-refractivity contribution is 7.91. The van der Waals surface area contributed by atoms with Crippen LogP contribution in [0.3, 0.4) is 0 Å². The van der Waals surface area contributed by atoms with Crippen LogP contribution in [-0.4, -0.2) is 76.8 Å². The topological polar surface area (TPSA) is 185 Å². The second-order valence-corrected chi connectivity index (χ2v) is 15.8. The zero-order valence-electron chi connectivity index (χ0n) is 28.2. The SMILES string of the molecule is CC(C)CN(CC(O)C(Cc1ccccc1)NC(=O)[C@H](CC(N)=O)NC(=O)c1ccc2ccccc2n1)S(=O)(=O)c1ccc(-c2ccccn2)s1. The van der Waals surface area contributed by atoms with E-state index < -0.39 is 52.4 Å². The Morgan fingerprint density at radius 3 is 2.31 bits per heavy atom. The number of nitrogens with zero attached hydrogens (tertiary/aromatic N) is 3. The summed E-state index contributed by atoms with van der Waals surface area (Å²) in [5.41, 5.74) is 7.48. The van der Waals surface area contributed by atoms with E-state index >= 15 is 0 Å². The summed E-state index contributed by atoms with van der Waals surface area (Å²) in [5.74, 6) is -2.41. The van der Waals surface area contributed by atoms with E-state index in [2.05, 4.69) is 20.6 Å². The van der Waals surface area contributed by atoms with E-state index in [0.29, 0.717) is 16.1 Å². The van der Waals surface area contributed by atoms with Crippen LogP contribution < -0.4 is 16.4 Å². The average molecular weight is 729 g/mol. The summed E-state index contributed by atoms with van der Waals surface area (Å²) < 4.78 is 29.4. The number of fused-ring (bicyclic) bond motifs is 1. The number of carbonyl (C=O) groups excluding carboxylic acids is 3. The normalized spacial score (nSPS) is 13.5. The first-order valence-electron chi connectivity index (χ1n) is 16.4. The minimum absolute atomic E-state index is 0.0335. The van der Waals surface area contributed by atoms with Crippen molar-refractivity contribution in [3.8, 4) is 10.6 Å². The van der Waals surface area contributed by atoms with E-state index in [1.54, 1.807) is 54.7 Å². The number of nitrogens with two attached hydrogens (primary N) is 1. The third-order valence-corrected chi connectivity index (χ3v) is 11.4. The Labute approximate surface area is 300 Å². The number of aliphatic hydroxyl groups excluding tert-OH is 1. The number of benzene rings is 2. The van der Waals surface area contributed by atoms with E-state index in [9.17, 15) is 27.9 Å². The molecule has 0 aliphatic heterocycles. The van der Waals surface area contributed by atoms with Crippen LogP contribution in [0.1, 0.15) is 36.3 Å². The molecule has 0 aliphatic carbocycles. The van der Waals surface area contributed by atoms with Crippen molar-refractivity contribution in [3.05, 3.63) is 115 Å². The van der Waals surface area contributed by atoms with Crippen LogP contribution in [-0.2, 0) is 26.0 Å². The van der Waals surface area contributed by atoms with Crippen molar-refractivity contribution < 1.29 is 27.9 Å². The van der Waals surface area contributed by atoms with Crippen molar-refractivity contribution >= 4 is 50.0 Å². The summed E-state index contributed by atoms with van der Waals surface area (Å²) in [6.07, 6.45) is -0.171. The lowest BCUT2D eigenvalue weighted by molar-refractivity contribution is -0.128. The average Bonchev–Trinajstić information content (AvgIpc) is 3.63. The predicted molar refractivity (Wildman–Crippen MR) is 196 cm³/mol. The summed E-state index contributed by atoms with van der Waals surface area (Å²) in [6, 6.07) is 25.7. The quantitative estimate of drug-likeness (QED) is 0.118. The summed E-state index contributed by atoms with van der Waals surface area (Å²) in [4.78, 5) is 48.4. The van der Waals surface area contributed by atoms with Gasteiger partial charge in [-0.25, -0.2) is 13.4 Å². The molecule has 5 rings (SSSR count). The number of hydrogen-bond donors (Lipinski definition) is 4. The first kappa shape index (κ1) is 37.2. The number of carbonyl (C=O) groups is 3. The van der Waals surface area contributed by atoms with Crippen molar-refractivity contribution in [2.45, 2.75) is 49.1 Å². The maximum Gasteiger partial charge on any atom is 0.270 e. The first-order chi connectivity index (χ1) is 24.4. The largest absolute Gasteiger partial charge is 0.390 e. The molecule has 51 heavy (non-hydrogen) atoms. The van der Waals surface area contributed by atoms with Gasteiger partial charge in [-0.3, -0.25) is 19.4 Å². The van der Waals surface area contributed by atoms with Crippen molar-refractivity contribution in [1.82, 2.24) is 24.9 Å². The molecule has 0 fully saturated rings. The van der Waals surface area contributed by atoms with Crippen LogP contribution in [0.5, 0.6) is 0 Å². The second kappa shape index (κ2) is 16.8. The van der Waals surface area contributed by atoms with Gasteiger partial charge >= 0.3 is 0 Å². The standard InChI is InChI=1S/C37H40N6O6S2/c1-24(2)22-43(51(48,49)35-18-17-33(50-35)28-14-8-9-19-39-28)23-32(44)30(20-25-10-4-3-5-11-25)41-37(47)31(21-34(38)45)42-36(46)29-16-15-26-12-6-7-13-27(26)40-29/h3-19,24,30-32,44H,20-23H2,1-2H3,(H2,38,45)(H,41,47)(H,42,46)/t30?,31-,32?/m0/s1. The van der Waals surface area contributed by atoms with Crippen molar-refractivity contribution in [2.24, 2.45) is 11.7 Å². The fourth-order valence-electron chi connectivity index (χ4n) is 5.52. The highest BCUT2D eigenvalue weighted by atomic mass is 32.2. The van der Waals surface area contributed by atoms with Crippen LogP contribution in [0.2, 0.25) is 0 Å². The third kappa shape index (κ3) is 9.82. The minimum atomic E-state index is -4.08. The Kier molecular flexibility index (Phi) is 12.3. The number of nitrogens with one attached hydrogen (secondary N) is 2. The molecule has 0 saturated carbocycles. The highest BCUT2D eigenvalue weighted by Crippen LogP contribution is 2.32. The number of aliphatic hydroxyl groups is 1. The molecule has 0 bridgehead atoms. The van der Waals surface area contributed by atoms with Gasteiger partial charge in [0.05, 0.1) is 34.7 Å². The molecule has 0 radical (unpaired) electrons. The Bertz CT molecular complexity index is 2080. The molecule has 3 amide bonds. The molecule has 5 N–H and O–H groups in total. The number of para-hydroxylation sites is 1. The Hall–Kier alpha value is -5.02. The van der Waals surface area contributed by atoms with Crippen molar-refractivity contribution in [2.75, 3.05) is 13.1 Å². The predicted octanol–water partition coefficient (Wildman–Crippen LogP) is 3.77. The molecular weight excluding hydrogens is 689 g/mol. The molecular formula is C37H40N6O6S2. The molecule has 0 aliphatic rings. The van der Waals surface area contributed by atoms with E-state index in [1.165, 1.54) is 16.4 Å². The third-order valence-electron chi connectivity index (χ3n) is 8.00. The van der Waals surface area contributed by atoms with Crippen LogP contribution in [0.15, 0.2) is 107 Å². The van der Waals surface area contributed by atoms with Crippen LogP contribution in [0.4, 0.5) is 0 Å². The molecule has 266 valence electrons. The molecule has 14 heteroatoms. The fraction of sp³-hybridized carbons (Fsp3) is 0.270. The van der Waals surface area contributed by atoms with Crippen molar-refractivity contribution in [1.29, 1.82) is 0 Å². The monoisotopic (exact) mass is 728 g/mol. The molecule has 12 nitrogen and oxygen atoms in total. The lowest BCUT2D eigenvalue weighted by Gasteiger charge is -2.31. The van der Waals surface area contributed by atoms with Crippen LogP contribution >= 0.6 is 11.3 Å². The van der Waals surface area contributed by atoms with E-state index in [1.807, 2.05) is 50.2 Å². The molecule has 3 atom stereocenters. The summed E-state index contributed by atoms with van der Waals surface area (Å²) >= 11 is 1.08. The van der Waals surface area contributed by atoms with Gasteiger partial charge < -0.3 is 21.5 Å². The number of hydrogen-bond acceptors (Lipinski definition) is 9. The maximum absolute atomic E-state index is 14.0. The molecule has 2 aromatic carbocycles. The number of sulfonamides is 1. The van der Waals surface area contributed by atoms with Crippen LogP contribution in [0, 0.1) is 5.92 Å². The number of thiophene rings is 1. The van der Waals surface area contributed by atoms with E-state index in [-0.39, 0.29) is 35.3 Å².